The molecule has 5 fully saturated rings. The quantitative estimate of drug-likeness (QED) is 0.176. The number of carbonyl (C=O) groups excluding carboxylic acids is 4. The smallest absolute Gasteiger partial charge is 0.408 e. The summed E-state index contributed by atoms with van der Waals surface area (Å²) in [4.78, 5) is 63.8. The summed E-state index contributed by atoms with van der Waals surface area (Å²) in [5.41, 5.74) is -0.366. The maximum absolute atomic E-state index is 15.5. The summed E-state index contributed by atoms with van der Waals surface area (Å²) in [6.45, 7) is 7.71. The summed E-state index contributed by atoms with van der Waals surface area (Å²) in [5, 5.41) is 6.03. The Balaban J connectivity index is 1.06. The lowest BCUT2D eigenvalue weighted by Crippen LogP contribution is -2.59. The lowest BCUT2D eigenvalue weighted by molar-refractivity contribution is -0.142. The minimum absolute atomic E-state index is 0.0154. The van der Waals surface area contributed by atoms with Crippen molar-refractivity contribution in [2.75, 3.05) is 13.7 Å². The van der Waals surface area contributed by atoms with Gasteiger partial charge in [-0.05, 0) is 143 Å². The Hall–Kier alpha value is -5.45. The fourth-order valence-electron chi connectivity index (χ4n) is 10.3. The Morgan fingerprint density at radius 1 is 0.970 bits per heavy atom. The minimum atomic E-state index is -3.96. The molecule has 9 unspecified atom stereocenters. The van der Waals surface area contributed by atoms with Gasteiger partial charge in [0.25, 0.3) is 5.91 Å². The standard InChI is InChI=1S/C49H60FN5O10S/c1-26(2)63-34-12-10-29(11-13-34)40-20-32-21-42(62-5)39(50)23-38(32)45(51-40)64-36-22-41-44(56)53-49(47(58)54-66(60,61)37-14-15-37)24-33(49)9-7-6-8-27(3)16-28(4)43(46(57)55(41)25-36)52-48(59)65-35-18-30-17-31(30)19-35/h7,9-13,20-21,23,26-28,30-31,33,35-37,41,43H,6,8,14-19,22,24-25H2,1-5H3,(H,52,59)(H,53,56)(H,54,58). The number of benzene rings is 2. The van der Waals surface area contributed by atoms with Gasteiger partial charge in [-0.2, -0.15) is 0 Å². The molecule has 4 aliphatic carbocycles. The first-order valence-corrected chi connectivity index (χ1v) is 25.0. The highest BCUT2D eigenvalue weighted by molar-refractivity contribution is 7.91. The summed E-state index contributed by atoms with van der Waals surface area (Å²) >= 11 is 0. The maximum Gasteiger partial charge on any atom is 0.408 e. The summed E-state index contributed by atoms with van der Waals surface area (Å²) in [6.07, 6.45) is 7.64. The highest BCUT2D eigenvalue weighted by Crippen LogP contribution is 2.52. The Kier molecular flexibility index (Phi) is 12.4. The molecule has 9 atom stereocenters. The average molecular weight is 930 g/mol. The highest BCUT2D eigenvalue weighted by Gasteiger charge is 2.62. The van der Waals surface area contributed by atoms with Gasteiger partial charge in [-0.1, -0.05) is 26.0 Å². The van der Waals surface area contributed by atoms with Crippen molar-refractivity contribution >= 4 is 44.6 Å². The Morgan fingerprint density at radius 2 is 1.71 bits per heavy atom. The number of pyridine rings is 1. The first-order valence-electron chi connectivity index (χ1n) is 23.4. The van der Waals surface area contributed by atoms with Crippen LogP contribution in [0.5, 0.6) is 17.4 Å². The van der Waals surface area contributed by atoms with E-state index in [2.05, 4.69) is 22.3 Å². The van der Waals surface area contributed by atoms with Crippen molar-refractivity contribution in [3.63, 3.8) is 0 Å². The number of aromatic nitrogens is 1. The molecule has 0 spiro atoms. The zero-order chi connectivity index (χ0) is 46.7. The Morgan fingerprint density at radius 3 is 2.41 bits per heavy atom. The van der Waals surface area contributed by atoms with Gasteiger partial charge in [0.2, 0.25) is 27.7 Å². The molecule has 0 bridgehead atoms. The van der Waals surface area contributed by atoms with Gasteiger partial charge in [0.15, 0.2) is 11.6 Å². The summed E-state index contributed by atoms with van der Waals surface area (Å²) in [7, 11) is -2.58. The number of allylic oxidation sites excluding steroid dienone is 1. The van der Waals surface area contributed by atoms with E-state index in [1.807, 2.05) is 57.2 Å². The van der Waals surface area contributed by atoms with E-state index in [-0.39, 0.29) is 55.1 Å². The predicted molar refractivity (Wildman–Crippen MR) is 242 cm³/mol. The maximum atomic E-state index is 15.5. The van der Waals surface area contributed by atoms with Crippen LogP contribution >= 0.6 is 0 Å². The number of sulfonamides is 1. The first kappa shape index (κ1) is 45.7. The van der Waals surface area contributed by atoms with E-state index in [1.54, 1.807) is 12.1 Å². The van der Waals surface area contributed by atoms with Gasteiger partial charge in [-0.25, -0.2) is 22.6 Å². The van der Waals surface area contributed by atoms with E-state index in [4.69, 9.17) is 23.9 Å². The summed E-state index contributed by atoms with van der Waals surface area (Å²) in [5.74, 6) is -1.57. The van der Waals surface area contributed by atoms with Crippen LogP contribution in [0.25, 0.3) is 22.0 Å². The molecule has 0 radical (unpaired) electrons. The second-order valence-electron chi connectivity index (χ2n) is 19.8. The zero-order valence-corrected chi connectivity index (χ0v) is 38.9. The third-order valence-corrected chi connectivity index (χ3v) is 16.1. The fraction of sp³-hybridized carbons (Fsp3) is 0.571. The number of nitrogens with zero attached hydrogens (tertiary/aromatic N) is 2. The second kappa shape index (κ2) is 18.0. The zero-order valence-electron chi connectivity index (χ0n) is 38.1. The van der Waals surface area contributed by atoms with Crippen molar-refractivity contribution in [3.05, 3.63) is 60.4 Å². The number of fused-ring (bicyclic) bond motifs is 4. The van der Waals surface area contributed by atoms with E-state index >= 15 is 9.18 Å². The van der Waals surface area contributed by atoms with Crippen LogP contribution < -0.4 is 29.6 Å². The molecule has 17 heteroatoms. The highest BCUT2D eigenvalue weighted by atomic mass is 32.2. The molecule has 2 aliphatic heterocycles. The third kappa shape index (κ3) is 9.68. The van der Waals surface area contributed by atoms with Crippen LogP contribution in [-0.4, -0.2) is 97.0 Å². The predicted octanol–water partition coefficient (Wildman–Crippen LogP) is 6.57. The molecule has 2 aromatic carbocycles. The van der Waals surface area contributed by atoms with Gasteiger partial charge in [0.05, 0.1) is 30.7 Å². The second-order valence-corrected chi connectivity index (χ2v) is 21.8. The molecule has 3 aromatic rings. The largest absolute Gasteiger partial charge is 0.494 e. The van der Waals surface area contributed by atoms with Crippen LogP contribution in [0.1, 0.15) is 91.9 Å². The van der Waals surface area contributed by atoms with Gasteiger partial charge in [0, 0.05) is 23.3 Å². The summed E-state index contributed by atoms with van der Waals surface area (Å²) in [6, 6.07) is 9.65. The molecular formula is C49H60FN5O10S. The number of halogens is 1. The minimum Gasteiger partial charge on any atom is -0.494 e. The number of ether oxygens (including phenoxy) is 4. The number of amides is 4. The van der Waals surface area contributed by atoms with Gasteiger partial charge < -0.3 is 34.5 Å². The van der Waals surface area contributed by atoms with Crippen LogP contribution in [0, 0.1) is 35.4 Å². The van der Waals surface area contributed by atoms with E-state index in [1.165, 1.54) is 18.1 Å². The summed E-state index contributed by atoms with van der Waals surface area (Å²) < 4.78 is 67.5. The normalized spacial score (nSPS) is 30.8. The van der Waals surface area contributed by atoms with E-state index in [0.29, 0.717) is 65.3 Å². The van der Waals surface area contributed by atoms with Crippen molar-refractivity contribution < 1.29 is 50.9 Å². The molecule has 9 rings (SSSR count). The SMILES string of the molecule is COc1cc2cc(-c3ccc(OC(C)C)cc3)nc(OC3CC4C(=O)NC5(C(=O)NS(=O)(=O)C6CC6)CC5C=CCCC(C)CC(C)C(NC(=O)OC5CC6CC6C5)C(=O)N4C3)c2cc1F. The number of hydrogen-bond donors (Lipinski definition) is 3. The van der Waals surface area contributed by atoms with Gasteiger partial charge in [-0.15, -0.1) is 0 Å². The number of rotatable bonds is 11. The van der Waals surface area contributed by atoms with E-state index in [9.17, 15) is 22.8 Å². The number of nitrogens with one attached hydrogen (secondary N) is 3. The molecule has 4 saturated carbocycles. The van der Waals surface area contributed by atoms with Crippen molar-refractivity contribution in [2.24, 2.45) is 29.6 Å². The van der Waals surface area contributed by atoms with E-state index in [0.717, 1.165) is 25.7 Å². The van der Waals surface area contributed by atoms with Crippen molar-refractivity contribution in [1.29, 1.82) is 0 Å². The lowest BCUT2D eigenvalue weighted by atomic mass is 9.88. The van der Waals surface area contributed by atoms with Crippen molar-refractivity contribution in [3.8, 4) is 28.6 Å². The monoisotopic (exact) mass is 929 g/mol. The molecular weight excluding hydrogens is 870 g/mol. The molecule has 354 valence electrons. The van der Waals surface area contributed by atoms with Crippen molar-refractivity contribution in [2.45, 2.75) is 133 Å². The fourth-order valence-corrected chi connectivity index (χ4v) is 11.7. The lowest BCUT2D eigenvalue weighted by Gasteiger charge is -2.33. The number of alkyl carbamates (subject to hydrolysis) is 1. The van der Waals surface area contributed by atoms with E-state index < -0.39 is 74.5 Å². The molecule has 1 aromatic heterocycles. The average Bonchev–Trinajstić information content (AvgIpc) is 4.23. The molecule has 4 amide bonds. The van der Waals surface area contributed by atoms with Gasteiger partial charge in [0.1, 0.15) is 35.6 Å². The molecule has 6 aliphatic rings. The number of carbonyl (C=O) groups is 4. The number of hydrogen-bond acceptors (Lipinski definition) is 11. The van der Waals surface area contributed by atoms with Gasteiger partial charge in [-0.3, -0.25) is 19.1 Å². The Bertz CT molecular complexity index is 2520. The first-order chi connectivity index (χ1) is 31.5. The van der Waals surface area contributed by atoms with Crippen LogP contribution in [-0.2, 0) is 29.1 Å². The molecule has 66 heavy (non-hydrogen) atoms. The molecule has 1 saturated heterocycles. The molecule has 3 heterocycles. The van der Waals surface area contributed by atoms with Crippen LogP contribution in [0.4, 0.5) is 9.18 Å². The third-order valence-electron chi connectivity index (χ3n) is 14.2. The van der Waals surface area contributed by atoms with Crippen LogP contribution in [0.2, 0.25) is 0 Å². The topological polar surface area (TPSA) is 192 Å². The van der Waals surface area contributed by atoms with Crippen LogP contribution in [0.3, 0.4) is 0 Å². The van der Waals surface area contributed by atoms with Crippen LogP contribution in [0.15, 0.2) is 54.6 Å². The molecule has 3 N–H and O–H groups in total. The van der Waals surface area contributed by atoms with Gasteiger partial charge >= 0.3 is 6.09 Å². The number of methoxy groups -OCH3 is 1. The molecule has 15 nitrogen and oxygen atoms in total. The Labute approximate surface area is 385 Å². The van der Waals surface area contributed by atoms with Crippen molar-refractivity contribution in [1.82, 2.24) is 25.2 Å².